The second kappa shape index (κ2) is 11.4. The summed E-state index contributed by atoms with van der Waals surface area (Å²) in [7, 11) is 0. The van der Waals surface area contributed by atoms with E-state index in [4.69, 9.17) is 4.74 Å². The fraction of sp³-hybridized carbons (Fsp3) is 0.724. The smallest absolute Gasteiger partial charge is 0.127 e. The molecule has 2 rings (SSSR count). The standard InChI is InChI=1S/C29H48O2/c1-20(2)12-9-13-21(3)14-10-15-22(4)16-11-18-29(8)19-17-26-25(7)27(30)23(5)24(6)28(26)31-29/h16,20-21,30H,9-15,17-19H2,1-8H3/b22-16-. The lowest BCUT2D eigenvalue weighted by Crippen LogP contribution is -2.37. The van der Waals surface area contributed by atoms with Gasteiger partial charge in [-0.3, -0.25) is 0 Å². The zero-order valence-electron chi connectivity index (χ0n) is 21.7. The highest BCUT2D eigenvalue weighted by atomic mass is 16.5. The third-order valence-electron chi connectivity index (χ3n) is 7.50. The Hall–Kier alpha value is -1.44. The van der Waals surface area contributed by atoms with Crippen molar-refractivity contribution in [1.29, 1.82) is 0 Å². The Labute approximate surface area is 192 Å². The third-order valence-corrected chi connectivity index (χ3v) is 7.50. The van der Waals surface area contributed by atoms with Crippen LogP contribution in [-0.4, -0.2) is 10.7 Å². The van der Waals surface area contributed by atoms with Crippen molar-refractivity contribution >= 4 is 0 Å². The van der Waals surface area contributed by atoms with Gasteiger partial charge in [-0.05, 0) is 102 Å². The monoisotopic (exact) mass is 428 g/mol. The number of ether oxygens (including phenoxy) is 1. The van der Waals surface area contributed by atoms with Crippen molar-refractivity contribution in [2.45, 2.75) is 125 Å². The van der Waals surface area contributed by atoms with Gasteiger partial charge < -0.3 is 9.84 Å². The van der Waals surface area contributed by atoms with Gasteiger partial charge in [0, 0.05) is 5.56 Å². The van der Waals surface area contributed by atoms with Gasteiger partial charge >= 0.3 is 0 Å². The number of fused-ring (bicyclic) bond motifs is 1. The normalized spacial score (nSPS) is 20.0. The molecule has 0 fully saturated rings. The van der Waals surface area contributed by atoms with Gasteiger partial charge in [0.15, 0.2) is 0 Å². The number of rotatable bonds is 11. The first-order chi connectivity index (χ1) is 14.5. The van der Waals surface area contributed by atoms with Crippen molar-refractivity contribution in [3.63, 3.8) is 0 Å². The summed E-state index contributed by atoms with van der Waals surface area (Å²) in [6.45, 7) is 17.7. The maximum absolute atomic E-state index is 10.4. The average Bonchev–Trinajstić information content (AvgIpc) is 2.70. The van der Waals surface area contributed by atoms with E-state index >= 15 is 0 Å². The molecule has 0 aromatic heterocycles. The molecule has 2 heteroatoms. The molecular weight excluding hydrogens is 380 g/mol. The van der Waals surface area contributed by atoms with Crippen LogP contribution in [0.15, 0.2) is 11.6 Å². The molecule has 1 aromatic rings. The van der Waals surface area contributed by atoms with Gasteiger partial charge in [0.05, 0.1) is 0 Å². The Balaban J connectivity index is 1.81. The Morgan fingerprint density at radius 1 is 1.03 bits per heavy atom. The molecule has 1 aromatic carbocycles. The summed E-state index contributed by atoms with van der Waals surface area (Å²) in [5.74, 6) is 3.16. The molecule has 31 heavy (non-hydrogen) atoms. The molecule has 0 radical (unpaired) electrons. The van der Waals surface area contributed by atoms with Gasteiger partial charge in [-0.1, -0.05) is 58.1 Å². The quantitative estimate of drug-likeness (QED) is 0.357. The Morgan fingerprint density at radius 3 is 2.39 bits per heavy atom. The third kappa shape index (κ3) is 7.29. The minimum Gasteiger partial charge on any atom is -0.507 e. The molecular formula is C29H48O2. The summed E-state index contributed by atoms with van der Waals surface area (Å²) in [6, 6.07) is 0. The van der Waals surface area contributed by atoms with Crippen molar-refractivity contribution in [3.8, 4) is 11.5 Å². The number of hydrogen-bond acceptors (Lipinski definition) is 2. The van der Waals surface area contributed by atoms with Gasteiger partial charge in [0.2, 0.25) is 0 Å². The summed E-state index contributed by atoms with van der Waals surface area (Å²) in [6.07, 6.45) is 14.6. The highest BCUT2D eigenvalue weighted by Crippen LogP contribution is 2.44. The van der Waals surface area contributed by atoms with Crippen LogP contribution in [0.1, 0.15) is 115 Å². The molecule has 1 aliphatic heterocycles. The summed E-state index contributed by atoms with van der Waals surface area (Å²) >= 11 is 0. The summed E-state index contributed by atoms with van der Waals surface area (Å²) in [5, 5.41) is 10.4. The zero-order chi connectivity index (χ0) is 23.2. The fourth-order valence-corrected chi connectivity index (χ4v) is 4.94. The van der Waals surface area contributed by atoms with Crippen molar-refractivity contribution < 1.29 is 9.84 Å². The molecule has 2 nitrogen and oxygen atoms in total. The van der Waals surface area contributed by atoms with Crippen LogP contribution in [0.4, 0.5) is 0 Å². The van der Waals surface area contributed by atoms with Crippen LogP contribution < -0.4 is 4.74 Å². The minimum absolute atomic E-state index is 0.116. The maximum atomic E-state index is 10.4. The van der Waals surface area contributed by atoms with Crippen LogP contribution in [0.2, 0.25) is 0 Å². The first-order valence-corrected chi connectivity index (χ1v) is 12.7. The Morgan fingerprint density at radius 2 is 1.71 bits per heavy atom. The van der Waals surface area contributed by atoms with E-state index in [0.717, 1.165) is 60.0 Å². The summed E-state index contributed by atoms with van der Waals surface area (Å²) in [4.78, 5) is 0. The van der Waals surface area contributed by atoms with E-state index in [9.17, 15) is 5.11 Å². The number of hydrogen-bond donors (Lipinski definition) is 1. The van der Waals surface area contributed by atoms with E-state index in [1.165, 1.54) is 49.7 Å². The highest BCUT2D eigenvalue weighted by Gasteiger charge is 2.33. The van der Waals surface area contributed by atoms with Crippen molar-refractivity contribution in [3.05, 3.63) is 33.9 Å². The molecule has 0 spiro atoms. The van der Waals surface area contributed by atoms with E-state index < -0.39 is 0 Å². The lowest BCUT2D eigenvalue weighted by molar-refractivity contribution is 0.0558. The predicted molar refractivity (Wildman–Crippen MR) is 134 cm³/mol. The molecule has 0 aliphatic carbocycles. The van der Waals surface area contributed by atoms with Crippen LogP contribution in [-0.2, 0) is 6.42 Å². The number of aromatic hydroxyl groups is 1. The highest BCUT2D eigenvalue weighted by molar-refractivity contribution is 5.58. The second-order valence-corrected chi connectivity index (χ2v) is 11.0. The molecule has 2 unspecified atom stereocenters. The largest absolute Gasteiger partial charge is 0.507 e. The van der Waals surface area contributed by atoms with E-state index in [0.29, 0.717) is 5.75 Å². The minimum atomic E-state index is -0.116. The molecule has 1 aliphatic rings. The molecule has 0 saturated carbocycles. The van der Waals surface area contributed by atoms with E-state index in [2.05, 4.69) is 47.6 Å². The Bertz CT molecular complexity index is 759. The van der Waals surface area contributed by atoms with Gasteiger partial charge in [-0.2, -0.15) is 0 Å². The Kier molecular flexibility index (Phi) is 9.52. The first-order valence-electron chi connectivity index (χ1n) is 12.7. The van der Waals surface area contributed by atoms with Gasteiger partial charge in [-0.25, -0.2) is 0 Å². The van der Waals surface area contributed by atoms with Crippen LogP contribution in [0.3, 0.4) is 0 Å². The number of allylic oxidation sites excluding steroid dienone is 2. The zero-order valence-corrected chi connectivity index (χ0v) is 21.7. The molecule has 0 saturated heterocycles. The van der Waals surface area contributed by atoms with Crippen molar-refractivity contribution in [1.82, 2.24) is 0 Å². The van der Waals surface area contributed by atoms with Crippen LogP contribution in [0.5, 0.6) is 11.5 Å². The van der Waals surface area contributed by atoms with Gasteiger partial charge in [-0.15, -0.1) is 0 Å². The number of phenols is 1. The molecule has 0 bridgehead atoms. The van der Waals surface area contributed by atoms with Crippen LogP contribution in [0, 0.1) is 32.6 Å². The molecule has 2 atom stereocenters. The number of phenolic OH excluding ortho intramolecular Hbond substituents is 1. The first kappa shape index (κ1) is 25.8. The van der Waals surface area contributed by atoms with E-state index in [-0.39, 0.29) is 5.60 Å². The second-order valence-electron chi connectivity index (χ2n) is 11.0. The number of benzene rings is 1. The topological polar surface area (TPSA) is 29.5 Å². The van der Waals surface area contributed by atoms with Gasteiger partial charge in [0.1, 0.15) is 17.1 Å². The van der Waals surface area contributed by atoms with E-state index in [1.807, 2.05) is 13.8 Å². The van der Waals surface area contributed by atoms with Crippen LogP contribution in [0.25, 0.3) is 0 Å². The average molecular weight is 429 g/mol. The molecule has 0 amide bonds. The molecule has 176 valence electrons. The van der Waals surface area contributed by atoms with Crippen molar-refractivity contribution in [2.24, 2.45) is 11.8 Å². The fourth-order valence-electron chi connectivity index (χ4n) is 4.94. The predicted octanol–water partition coefficient (Wildman–Crippen LogP) is 8.76. The maximum Gasteiger partial charge on any atom is 0.127 e. The van der Waals surface area contributed by atoms with Crippen LogP contribution >= 0.6 is 0 Å². The lowest BCUT2D eigenvalue weighted by atomic mass is 9.85. The van der Waals surface area contributed by atoms with Crippen molar-refractivity contribution in [2.75, 3.05) is 0 Å². The summed E-state index contributed by atoms with van der Waals surface area (Å²) < 4.78 is 6.58. The molecule has 1 heterocycles. The van der Waals surface area contributed by atoms with E-state index in [1.54, 1.807) is 0 Å². The van der Waals surface area contributed by atoms with Gasteiger partial charge in [0.25, 0.3) is 0 Å². The lowest BCUT2D eigenvalue weighted by Gasteiger charge is -2.38. The molecule has 1 N–H and O–H groups in total. The SMILES string of the molecule is C/C(=C/CCC1(C)CCc2c(C)c(O)c(C)c(C)c2O1)CCCC(C)CCCC(C)C. The summed E-state index contributed by atoms with van der Waals surface area (Å²) in [5.41, 5.74) is 5.66.